The molecule has 0 bridgehead atoms. The lowest BCUT2D eigenvalue weighted by Crippen LogP contribution is -2.33. The van der Waals surface area contributed by atoms with E-state index in [1.165, 1.54) is 0 Å². The summed E-state index contributed by atoms with van der Waals surface area (Å²) in [6, 6.07) is 0. The first-order valence-corrected chi connectivity index (χ1v) is 6.65. The molecular weight excluding hydrogens is 228 g/mol. The first kappa shape index (κ1) is 13.1. The Kier molecular flexibility index (Phi) is 3.71. The van der Waals surface area contributed by atoms with Gasteiger partial charge in [0, 0.05) is 30.8 Å². The number of amides is 1. The molecule has 0 saturated heterocycles. The number of hydrogen-bond donors (Lipinski definition) is 2. The number of carbonyl (C=O) groups is 1. The highest BCUT2D eigenvalue weighted by atomic mass is 16.2. The van der Waals surface area contributed by atoms with Crippen LogP contribution in [0, 0.1) is 5.41 Å². The van der Waals surface area contributed by atoms with Crippen LogP contribution in [0.25, 0.3) is 0 Å². The topological polar surface area (TPSA) is 72.9 Å². The molecule has 0 spiro atoms. The fraction of sp³-hybridized carbons (Fsp3) is 0.692. The van der Waals surface area contributed by atoms with Gasteiger partial charge in [-0.05, 0) is 19.3 Å². The van der Waals surface area contributed by atoms with Crippen molar-refractivity contribution < 1.29 is 4.79 Å². The number of nitrogens with zero attached hydrogens (tertiary/aromatic N) is 2. The molecule has 1 fully saturated rings. The number of aryl methyl sites for hydroxylation is 1. The number of aromatic nitrogens is 2. The van der Waals surface area contributed by atoms with Crippen molar-refractivity contribution >= 4 is 11.7 Å². The summed E-state index contributed by atoms with van der Waals surface area (Å²) in [5.41, 5.74) is 6.35. The Morgan fingerprint density at radius 1 is 1.56 bits per heavy atom. The molecule has 1 aliphatic rings. The second kappa shape index (κ2) is 5.10. The zero-order chi connectivity index (χ0) is 13.2. The number of nitrogens with two attached hydrogens (primary N) is 1. The van der Waals surface area contributed by atoms with Crippen LogP contribution in [0.5, 0.6) is 0 Å². The van der Waals surface area contributed by atoms with E-state index in [9.17, 15) is 4.79 Å². The first-order valence-electron chi connectivity index (χ1n) is 6.65. The molecule has 5 nitrogen and oxygen atoms in total. The van der Waals surface area contributed by atoms with Gasteiger partial charge in [0.1, 0.15) is 0 Å². The minimum absolute atomic E-state index is 0.107. The van der Waals surface area contributed by atoms with Gasteiger partial charge in [-0.2, -0.15) is 5.10 Å². The Morgan fingerprint density at radius 3 is 2.78 bits per heavy atom. The summed E-state index contributed by atoms with van der Waals surface area (Å²) < 4.78 is 1.69. The summed E-state index contributed by atoms with van der Waals surface area (Å²) in [4.78, 5) is 12.4. The predicted molar refractivity (Wildman–Crippen MR) is 70.9 cm³/mol. The van der Waals surface area contributed by atoms with Gasteiger partial charge in [-0.1, -0.05) is 19.8 Å². The van der Waals surface area contributed by atoms with Crippen molar-refractivity contribution in [3.8, 4) is 0 Å². The molecule has 1 aromatic rings. The summed E-state index contributed by atoms with van der Waals surface area (Å²) in [6.45, 7) is 2.48. The number of nitrogens with one attached hydrogen (secondary N) is 1. The number of anilines is 1. The van der Waals surface area contributed by atoms with Crippen molar-refractivity contribution in [2.24, 2.45) is 18.2 Å². The van der Waals surface area contributed by atoms with Crippen LogP contribution >= 0.6 is 0 Å². The summed E-state index contributed by atoms with van der Waals surface area (Å²) >= 11 is 0. The summed E-state index contributed by atoms with van der Waals surface area (Å²) in [5, 5.41) is 7.23. The van der Waals surface area contributed by atoms with Crippen LogP contribution in [0.2, 0.25) is 0 Å². The van der Waals surface area contributed by atoms with Crippen molar-refractivity contribution in [1.29, 1.82) is 0 Å². The van der Waals surface area contributed by atoms with E-state index in [-0.39, 0.29) is 11.3 Å². The van der Waals surface area contributed by atoms with E-state index < -0.39 is 0 Å². The Labute approximate surface area is 108 Å². The molecule has 5 heteroatoms. The van der Waals surface area contributed by atoms with Crippen LogP contribution in [-0.2, 0) is 18.4 Å². The van der Waals surface area contributed by atoms with E-state index in [1.807, 2.05) is 13.2 Å². The number of hydrogen-bond acceptors (Lipinski definition) is 3. The van der Waals surface area contributed by atoms with Gasteiger partial charge in [0.2, 0.25) is 5.91 Å². The van der Waals surface area contributed by atoms with Crippen LogP contribution < -0.4 is 11.1 Å². The molecule has 18 heavy (non-hydrogen) atoms. The van der Waals surface area contributed by atoms with Crippen molar-refractivity contribution in [2.45, 2.75) is 45.6 Å². The van der Waals surface area contributed by atoms with Crippen molar-refractivity contribution in [1.82, 2.24) is 9.78 Å². The van der Waals surface area contributed by atoms with E-state index in [0.717, 1.165) is 37.7 Å². The highest BCUT2D eigenvalue weighted by molar-refractivity contribution is 5.95. The normalized spacial score (nSPS) is 17.9. The van der Waals surface area contributed by atoms with Crippen molar-refractivity contribution in [3.05, 3.63) is 11.8 Å². The van der Waals surface area contributed by atoms with Gasteiger partial charge < -0.3 is 11.1 Å². The lowest BCUT2D eigenvalue weighted by atomic mass is 9.82. The van der Waals surface area contributed by atoms with Gasteiger partial charge in [0.15, 0.2) is 5.82 Å². The molecule has 0 atom stereocenters. The monoisotopic (exact) mass is 250 g/mol. The van der Waals surface area contributed by atoms with Crippen LogP contribution in [0.1, 0.15) is 44.6 Å². The average molecular weight is 250 g/mol. The highest BCUT2D eigenvalue weighted by Crippen LogP contribution is 2.41. The first-order chi connectivity index (χ1) is 8.61. The zero-order valence-electron chi connectivity index (χ0n) is 11.2. The molecule has 0 radical (unpaired) electrons. The lowest BCUT2D eigenvalue weighted by molar-refractivity contribution is -0.125. The molecule has 0 aromatic carbocycles. The smallest absolute Gasteiger partial charge is 0.231 e. The Balaban J connectivity index is 2.15. The maximum Gasteiger partial charge on any atom is 0.231 e. The van der Waals surface area contributed by atoms with Crippen molar-refractivity contribution in [2.75, 3.05) is 5.32 Å². The van der Waals surface area contributed by atoms with E-state index in [4.69, 9.17) is 5.73 Å². The van der Waals surface area contributed by atoms with Gasteiger partial charge in [-0.3, -0.25) is 9.48 Å². The maximum atomic E-state index is 12.4. The fourth-order valence-corrected chi connectivity index (χ4v) is 2.83. The Bertz CT molecular complexity index is 432. The summed E-state index contributed by atoms with van der Waals surface area (Å²) in [6.07, 6.45) is 7.01. The van der Waals surface area contributed by atoms with Gasteiger partial charge in [-0.15, -0.1) is 0 Å². The standard InChI is InChI=1S/C13H22N4O/c1-3-13(6-4-5-7-13)12(18)15-11-10(8-14)9-17(2)16-11/h9H,3-8,14H2,1-2H3,(H,15,16,18). The summed E-state index contributed by atoms with van der Waals surface area (Å²) in [5.74, 6) is 0.723. The molecule has 1 heterocycles. The second-order valence-electron chi connectivity index (χ2n) is 5.18. The zero-order valence-corrected chi connectivity index (χ0v) is 11.2. The van der Waals surface area contributed by atoms with Gasteiger partial charge >= 0.3 is 0 Å². The fourth-order valence-electron chi connectivity index (χ4n) is 2.83. The molecule has 1 aliphatic carbocycles. The second-order valence-corrected chi connectivity index (χ2v) is 5.18. The third-order valence-electron chi connectivity index (χ3n) is 4.08. The van der Waals surface area contributed by atoms with Crippen molar-refractivity contribution in [3.63, 3.8) is 0 Å². The van der Waals surface area contributed by atoms with E-state index in [0.29, 0.717) is 12.4 Å². The van der Waals surface area contributed by atoms with Crippen LogP contribution in [0.15, 0.2) is 6.20 Å². The highest BCUT2D eigenvalue weighted by Gasteiger charge is 2.39. The minimum atomic E-state index is -0.191. The third-order valence-corrected chi connectivity index (χ3v) is 4.08. The van der Waals surface area contributed by atoms with E-state index >= 15 is 0 Å². The Morgan fingerprint density at radius 2 is 2.22 bits per heavy atom. The van der Waals surface area contributed by atoms with Gasteiger partial charge in [0.25, 0.3) is 0 Å². The molecule has 1 saturated carbocycles. The van der Waals surface area contributed by atoms with Crippen LogP contribution in [-0.4, -0.2) is 15.7 Å². The molecule has 2 rings (SSSR count). The molecular formula is C13H22N4O. The van der Waals surface area contributed by atoms with E-state index in [1.54, 1.807) is 4.68 Å². The maximum absolute atomic E-state index is 12.4. The van der Waals surface area contributed by atoms with Crippen LogP contribution in [0.3, 0.4) is 0 Å². The average Bonchev–Trinajstić information content (AvgIpc) is 2.96. The predicted octanol–water partition coefficient (Wildman–Crippen LogP) is 1.79. The number of rotatable bonds is 4. The van der Waals surface area contributed by atoms with Gasteiger partial charge in [-0.25, -0.2) is 0 Å². The lowest BCUT2D eigenvalue weighted by Gasteiger charge is -2.25. The SMILES string of the molecule is CCC1(C(=O)Nc2nn(C)cc2CN)CCCC1. The summed E-state index contributed by atoms with van der Waals surface area (Å²) in [7, 11) is 1.83. The quantitative estimate of drug-likeness (QED) is 0.855. The van der Waals surface area contributed by atoms with E-state index in [2.05, 4.69) is 17.3 Å². The molecule has 0 aliphatic heterocycles. The van der Waals surface area contributed by atoms with Crippen LogP contribution in [0.4, 0.5) is 5.82 Å². The molecule has 1 aromatic heterocycles. The molecule has 0 unspecified atom stereocenters. The largest absolute Gasteiger partial charge is 0.326 e. The number of carbonyl (C=O) groups excluding carboxylic acids is 1. The Hall–Kier alpha value is -1.36. The minimum Gasteiger partial charge on any atom is -0.326 e. The molecule has 1 amide bonds. The third kappa shape index (κ3) is 2.27. The molecule has 100 valence electrons. The van der Waals surface area contributed by atoms with Gasteiger partial charge in [0.05, 0.1) is 0 Å². The molecule has 3 N–H and O–H groups in total.